The van der Waals surface area contributed by atoms with Crippen molar-refractivity contribution in [2.24, 2.45) is 0 Å². The van der Waals surface area contributed by atoms with E-state index in [0.717, 1.165) is 12.1 Å². The number of rotatable bonds is 3. The Kier molecular flexibility index (Phi) is 2.90. The van der Waals surface area contributed by atoms with Crippen molar-refractivity contribution in [1.82, 2.24) is 9.80 Å². The molecular weight excluding hydrogens is 136 g/mol. The molecule has 0 aromatic rings. The summed E-state index contributed by atoms with van der Waals surface area (Å²) in [4.78, 5) is 4.78. The normalized spacial score (nSPS) is 31.1. The maximum absolute atomic E-state index is 2.44. The second-order valence-corrected chi connectivity index (χ2v) is 3.82. The Morgan fingerprint density at radius 2 is 1.64 bits per heavy atom. The van der Waals surface area contributed by atoms with Crippen LogP contribution in [0.4, 0.5) is 0 Å². The molecule has 0 unspecified atom stereocenters. The van der Waals surface area contributed by atoms with Crippen molar-refractivity contribution in [3.63, 3.8) is 0 Å². The van der Waals surface area contributed by atoms with Crippen LogP contribution in [-0.4, -0.2) is 49.6 Å². The Labute approximate surface area is 70.2 Å². The average molecular weight is 156 g/mol. The molecule has 0 radical (unpaired) electrons. The minimum atomic E-state index is 0.842. The van der Waals surface area contributed by atoms with E-state index in [1.807, 2.05) is 0 Å². The minimum Gasteiger partial charge on any atom is -0.306 e. The van der Waals surface area contributed by atoms with Gasteiger partial charge in [0.15, 0.2) is 0 Å². The molecule has 0 bridgehead atoms. The molecule has 2 nitrogen and oxygen atoms in total. The van der Waals surface area contributed by atoms with Gasteiger partial charge in [-0.15, -0.1) is 0 Å². The van der Waals surface area contributed by atoms with Gasteiger partial charge in [-0.25, -0.2) is 0 Å². The Morgan fingerprint density at radius 3 is 2.00 bits per heavy atom. The fourth-order valence-electron chi connectivity index (χ4n) is 1.60. The molecule has 0 heterocycles. The molecule has 0 aromatic carbocycles. The van der Waals surface area contributed by atoms with Crippen LogP contribution in [0.1, 0.15) is 19.8 Å². The molecule has 0 aliphatic heterocycles. The second-order valence-electron chi connectivity index (χ2n) is 3.82. The first kappa shape index (κ1) is 9.01. The molecule has 0 amide bonds. The molecule has 1 fully saturated rings. The van der Waals surface area contributed by atoms with Gasteiger partial charge in [0, 0.05) is 12.1 Å². The van der Waals surface area contributed by atoms with Crippen LogP contribution >= 0.6 is 0 Å². The highest BCUT2D eigenvalue weighted by atomic mass is 15.2. The van der Waals surface area contributed by atoms with Crippen LogP contribution in [0.5, 0.6) is 0 Å². The highest BCUT2D eigenvalue weighted by Gasteiger charge is 2.32. The highest BCUT2D eigenvalue weighted by Crippen LogP contribution is 2.27. The molecule has 0 aromatic heterocycles. The molecule has 0 N–H and O–H groups in total. The van der Waals surface area contributed by atoms with Crippen molar-refractivity contribution in [3.8, 4) is 0 Å². The fraction of sp³-hybridized carbons (Fsp3) is 1.00. The van der Waals surface area contributed by atoms with Gasteiger partial charge in [-0.05, 0) is 40.5 Å². The monoisotopic (exact) mass is 156 g/mol. The fourth-order valence-corrected chi connectivity index (χ4v) is 1.60. The van der Waals surface area contributed by atoms with E-state index in [0.29, 0.717) is 0 Å². The van der Waals surface area contributed by atoms with E-state index in [1.54, 1.807) is 0 Å². The van der Waals surface area contributed by atoms with Gasteiger partial charge < -0.3 is 9.80 Å². The van der Waals surface area contributed by atoms with Gasteiger partial charge in [-0.3, -0.25) is 0 Å². The van der Waals surface area contributed by atoms with E-state index < -0.39 is 0 Å². The first-order chi connectivity index (χ1) is 5.15. The number of hydrogen-bond donors (Lipinski definition) is 0. The van der Waals surface area contributed by atoms with Gasteiger partial charge in [0.25, 0.3) is 0 Å². The smallest absolute Gasteiger partial charge is 0.0122 e. The molecule has 66 valence electrons. The van der Waals surface area contributed by atoms with Gasteiger partial charge in [0.05, 0.1) is 0 Å². The average Bonchev–Trinajstić information content (AvgIpc) is 1.83. The molecule has 11 heavy (non-hydrogen) atoms. The predicted octanol–water partition coefficient (Wildman–Crippen LogP) is 1.03. The molecule has 0 saturated heterocycles. The number of hydrogen-bond acceptors (Lipinski definition) is 2. The molecule has 0 spiro atoms. The van der Waals surface area contributed by atoms with Gasteiger partial charge >= 0.3 is 0 Å². The highest BCUT2D eigenvalue weighted by molar-refractivity contribution is 4.90. The lowest BCUT2D eigenvalue weighted by molar-refractivity contribution is 0.0729. The van der Waals surface area contributed by atoms with Crippen molar-refractivity contribution in [1.29, 1.82) is 0 Å². The summed E-state index contributed by atoms with van der Waals surface area (Å²) in [5.74, 6) is 0. The maximum Gasteiger partial charge on any atom is 0.0122 e. The zero-order valence-corrected chi connectivity index (χ0v) is 8.17. The Morgan fingerprint density at radius 1 is 1.09 bits per heavy atom. The van der Waals surface area contributed by atoms with Crippen LogP contribution in [0.2, 0.25) is 0 Å². The summed E-state index contributed by atoms with van der Waals surface area (Å²) in [6.07, 6.45) is 2.72. The zero-order valence-electron chi connectivity index (χ0n) is 8.17. The van der Waals surface area contributed by atoms with Gasteiger partial charge in [0.2, 0.25) is 0 Å². The molecule has 2 heteroatoms. The second kappa shape index (κ2) is 3.55. The SMILES string of the molecule is CCN(C)C1CC(N(C)C)C1. The van der Waals surface area contributed by atoms with E-state index in [1.165, 1.54) is 19.4 Å². The van der Waals surface area contributed by atoms with E-state index in [2.05, 4.69) is 37.9 Å². The van der Waals surface area contributed by atoms with Crippen molar-refractivity contribution in [2.45, 2.75) is 31.8 Å². The third-order valence-corrected chi connectivity index (χ3v) is 2.94. The van der Waals surface area contributed by atoms with Crippen molar-refractivity contribution >= 4 is 0 Å². The van der Waals surface area contributed by atoms with Crippen LogP contribution in [0.3, 0.4) is 0 Å². The summed E-state index contributed by atoms with van der Waals surface area (Å²) >= 11 is 0. The van der Waals surface area contributed by atoms with Gasteiger partial charge in [-0.2, -0.15) is 0 Å². The van der Waals surface area contributed by atoms with E-state index in [4.69, 9.17) is 0 Å². The molecule has 1 aliphatic rings. The third kappa shape index (κ3) is 1.94. The quantitative estimate of drug-likeness (QED) is 0.602. The Bertz CT molecular complexity index is 117. The molecule has 1 saturated carbocycles. The van der Waals surface area contributed by atoms with Crippen LogP contribution in [-0.2, 0) is 0 Å². The zero-order chi connectivity index (χ0) is 8.43. The predicted molar refractivity (Wildman–Crippen MR) is 48.8 cm³/mol. The van der Waals surface area contributed by atoms with Crippen LogP contribution in [0.25, 0.3) is 0 Å². The summed E-state index contributed by atoms with van der Waals surface area (Å²) in [5, 5.41) is 0. The summed E-state index contributed by atoms with van der Waals surface area (Å²) in [7, 11) is 6.57. The largest absolute Gasteiger partial charge is 0.306 e. The van der Waals surface area contributed by atoms with Gasteiger partial charge in [-0.1, -0.05) is 6.92 Å². The summed E-state index contributed by atoms with van der Waals surface area (Å²) in [6.45, 7) is 3.41. The minimum absolute atomic E-state index is 0.842. The first-order valence-corrected chi connectivity index (χ1v) is 4.51. The van der Waals surface area contributed by atoms with Crippen molar-refractivity contribution < 1.29 is 0 Å². The molecule has 1 rings (SSSR count). The van der Waals surface area contributed by atoms with Crippen LogP contribution < -0.4 is 0 Å². The first-order valence-electron chi connectivity index (χ1n) is 4.51. The van der Waals surface area contributed by atoms with Crippen LogP contribution in [0.15, 0.2) is 0 Å². The Hall–Kier alpha value is -0.0800. The van der Waals surface area contributed by atoms with Crippen LogP contribution in [0, 0.1) is 0 Å². The summed E-state index contributed by atoms with van der Waals surface area (Å²) in [5.41, 5.74) is 0. The summed E-state index contributed by atoms with van der Waals surface area (Å²) in [6, 6.07) is 1.70. The van der Waals surface area contributed by atoms with Crippen molar-refractivity contribution in [3.05, 3.63) is 0 Å². The molecule has 0 atom stereocenters. The topological polar surface area (TPSA) is 6.48 Å². The van der Waals surface area contributed by atoms with E-state index in [-0.39, 0.29) is 0 Å². The lowest BCUT2D eigenvalue weighted by atomic mass is 9.85. The lowest BCUT2D eigenvalue weighted by Gasteiger charge is -2.44. The van der Waals surface area contributed by atoms with Gasteiger partial charge in [0.1, 0.15) is 0 Å². The van der Waals surface area contributed by atoms with E-state index in [9.17, 15) is 0 Å². The lowest BCUT2D eigenvalue weighted by Crippen LogP contribution is -2.50. The van der Waals surface area contributed by atoms with E-state index >= 15 is 0 Å². The third-order valence-electron chi connectivity index (χ3n) is 2.94. The summed E-state index contributed by atoms with van der Waals surface area (Å²) < 4.78 is 0. The number of nitrogens with zero attached hydrogens (tertiary/aromatic N) is 2. The molecular formula is C9H20N2. The maximum atomic E-state index is 2.44. The standard InChI is InChI=1S/C9H20N2/c1-5-11(4)9-6-8(7-9)10(2)3/h8-9H,5-7H2,1-4H3. The Balaban J connectivity index is 2.18. The van der Waals surface area contributed by atoms with Crippen molar-refractivity contribution in [2.75, 3.05) is 27.7 Å². The molecule has 1 aliphatic carbocycles.